The molecule has 0 spiro atoms. The second-order valence-corrected chi connectivity index (χ2v) is 9.29. The van der Waals surface area contributed by atoms with Crippen molar-refractivity contribution in [2.45, 2.75) is 56.8 Å². The minimum Gasteiger partial charge on any atom is -0.391 e. The number of hydrogen-bond donors (Lipinski definition) is 3. The third-order valence-electron chi connectivity index (χ3n) is 6.24. The molecule has 2 aromatic heterocycles. The van der Waals surface area contributed by atoms with Crippen LogP contribution in [0.1, 0.15) is 37.0 Å². The first kappa shape index (κ1) is 20.1. The molecule has 2 aliphatic rings. The van der Waals surface area contributed by atoms with Crippen LogP contribution in [-0.2, 0) is 6.61 Å². The largest absolute Gasteiger partial charge is 0.391 e. The van der Waals surface area contributed by atoms with E-state index in [1.807, 2.05) is 24.3 Å². The fraction of sp³-hybridized carbons (Fsp3) is 0.455. The van der Waals surface area contributed by atoms with E-state index in [2.05, 4.69) is 26.6 Å². The number of nitrogens with one attached hydrogen (secondary N) is 2. The van der Waals surface area contributed by atoms with Gasteiger partial charge in [-0.05, 0) is 37.8 Å². The number of piperidine rings is 1. The molecule has 4 heterocycles. The van der Waals surface area contributed by atoms with Gasteiger partial charge >= 0.3 is 0 Å². The second-order valence-electron chi connectivity index (χ2n) is 8.17. The Balaban J connectivity index is 1.36. The molecule has 0 aliphatic carbocycles. The Bertz CT molecular complexity index is 1100. The molecule has 1 aromatic carbocycles. The maximum absolute atomic E-state index is 9.32. The highest BCUT2D eigenvalue weighted by atomic mass is 32.1. The number of aliphatic hydroxyl groups excluding tert-OH is 1. The zero-order valence-electron chi connectivity index (χ0n) is 17.2. The van der Waals surface area contributed by atoms with Crippen molar-refractivity contribution in [3.05, 3.63) is 35.3 Å². The molecule has 3 atom stereocenters. The minimum absolute atomic E-state index is 0.0218. The number of aliphatic hydroxyl groups is 1. The SMILES string of the molecule is N#CCCN1[C@@H]2CC[C@H]1CC(Nc1nc(Nc3ncc(CO)s3)c3ccccc3n1)C2. The quantitative estimate of drug-likeness (QED) is 0.516. The van der Waals surface area contributed by atoms with Gasteiger partial charge < -0.3 is 15.7 Å². The molecule has 8 nitrogen and oxygen atoms in total. The third-order valence-corrected chi connectivity index (χ3v) is 7.13. The van der Waals surface area contributed by atoms with Crippen LogP contribution < -0.4 is 10.6 Å². The van der Waals surface area contributed by atoms with Crippen molar-refractivity contribution in [1.29, 1.82) is 5.26 Å². The Morgan fingerprint density at radius 1 is 1.19 bits per heavy atom. The molecular formula is C22H25N7OS. The maximum atomic E-state index is 9.32. The number of thiazole rings is 1. The van der Waals surface area contributed by atoms with Gasteiger partial charge in [-0.2, -0.15) is 10.2 Å². The first-order chi connectivity index (χ1) is 15.2. The van der Waals surface area contributed by atoms with Crippen molar-refractivity contribution in [2.75, 3.05) is 17.2 Å². The molecule has 0 amide bonds. The molecule has 160 valence electrons. The smallest absolute Gasteiger partial charge is 0.225 e. The van der Waals surface area contributed by atoms with Crippen LogP contribution in [0.3, 0.4) is 0 Å². The summed E-state index contributed by atoms with van der Waals surface area (Å²) in [6.07, 6.45) is 6.78. The van der Waals surface area contributed by atoms with Crippen molar-refractivity contribution < 1.29 is 5.11 Å². The van der Waals surface area contributed by atoms with E-state index >= 15 is 0 Å². The number of nitrogens with zero attached hydrogens (tertiary/aromatic N) is 5. The van der Waals surface area contributed by atoms with Gasteiger partial charge in [0.25, 0.3) is 0 Å². The van der Waals surface area contributed by atoms with Crippen molar-refractivity contribution in [2.24, 2.45) is 0 Å². The van der Waals surface area contributed by atoms with Gasteiger partial charge in [0.2, 0.25) is 5.95 Å². The fourth-order valence-electron chi connectivity index (χ4n) is 4.89. The first-order valence-corrected chi connectivity index (χ1v) is 11.5. The molecule has 31 heavy (non-hydrogen) atoms. The molecule has 3 N–H and O–H groups in total. The molecule has 0 saturated carbocycles. The topological polar surface area (TPSA) is 110 Å². The molecule has 1 unspecified atom stereocenters. The minimum atomic E-state index is -0.0218. The average Bonchev–Trinajstić information content (AvgIpc) is 3.33. The van der Waals surface area contributed by atoms with E-state index in [4.69, 9.17) is 15.2 Å². The van der Waals surface area contributed by atoms with Crippen LogP contribution in [0, 0.1) is 11.3 Å². The first-order valence-electron chi connectivity index (χ1n) is 10.7. The lowest BCUT2D eigenvalue weighted by Gasteiger charge is -2.38. The second kappa shape index (κ2) is 8.75. The molecule has 3 aromatic rings. The van der Waals surface area contributed by atoms with Gasteiger partial charge in [0.1, 0.15) is 5.82 Å². The molecule has 5 rings (SSSR count). The van der Waals surface area contributed by atoms with Crippen LogP contribution in [0.15, 0.2) is 30.5 Å². The Labute approximate surface area is 185 Å². The Hall–Kier alpha value is -2.80. The van der Waals surface area contributed by atoms with Crippen LogP contribution in [0.2, 0.25) is 0 Å². The van der Waals surface area contributed by atoms with E-state index in [0.29, 0.717) is 41.4 Å². The number of hydrogen-bond acceptors (Lipinski definition) is 9. The van der Waals surface area contributed by atoms with E-state index in [1.165, 1.54) is 24.2 Å². The summed E-state index contributed by atoms with van der Waals surface area (Å²) in [5.41, 5.74) is 0.871. The van der Waals surface area contributed by atoms with E-state index in [-0.39, 0.29) is 6.61 Å². The lowest BCUT2D eigenvalue weighted by Crippen LogP contribution is -2.47. The summed E-state index contributed by atoms with van der Waals surface area (Å²) in [5.74, 6) is 1.33. The zero-order valence-corrected chi connectivity index (χ0v) is 18.0. The Morgan fingerprint density at radius 3 is 2.74 bits per heavy atom. The molecule has 2 fully saturated rings. The standard InChI is InChI=1S/C22H25N7OS/c23-8-3-9-29-15-6-7-16(29)11-14(10-15)25-21-26-19-5-2-1-4-18(19)20(27-21)28-22-24-12-17(13-30)31-22/h1-2,4-5,12,14-16,30H,3,6-7,9-11,13H2,(H2,24,25,26,27,28)/t14?,15-,16+. The molecule has 2 aliphatic heterocycles. The predicted octanol–water partition coefficient (Wildman–Crippen LogP) is 3.64. The van der Waals surface area contributed by atoms with E-state index in [0.717, 1.165) is 35.2 Å². The monoisotopic (exact) mass is 435 g/mol. The van der Waals surface area contributed by atoms with Gasteiger partial charge in [0, 0.05) is 42.7 Å². The number of anilines is 3. The number of fused-ring (bicyclic) bond motifs is 3. The summed E-state index contributed by atoms with van der Waals surface area (Å²) >= 11 is 1.41. The van der Waals surface area contributed by atoms with Crippen molar-refractivity contribution in [1.82, 2.24) is 19.9 Å². The Kier molecular flexibility index (Phi) is 5.68. The molecule has 2 saturated heterocycles. The molecule has 9 heteroatoms. The number of nitriles is 1. The summed E-state index contributed by atoms with van der Waals surface area (Å²) in [4.78, 5) is 17.2. The highest BCUT2D eigenvalue weighted by Gasteiger charge is 2.40. The van der Waals surface area contributed by atoms with E-state index in [1.54, 1.807) is 6.20 Å². The normalized spacial score (nSPS) is 23.0. The fourth-order valence-corrected chi connectivity index (χ4v) is 5.57. The lowest BCUT2D eigenvalue weighted by atomic mass is 9.97. The molecule has 0 radical (unpaired) electrons. The van der Waals surface area contributed by atoms with E-state index in [9.17, 15) is 5.11 Å². The third kappa shape index (κ3) is 4.19. The number of benzene rings is 1. The van der Waals surface area contributed by atoms with E-state index < -0.39 is 0 Å². The zero-order chi connectivity index (χ0) is 21.2. The van der Waals surface area contributed by atoms with Gasteiger partial charge in [-0.1, -0.05) is 23.5 Å². The molecule has 2 bridgehead atoms. The highest BCUT2D eigenvalue weighted by molar-refractivity contribution is 7.15. The van der Waals surface area contributed by atoms with Crippen LogP contribution in [0.5, 0.6) is 0 Å². The summed E-state index contributed by atoms with van der Waals surface area (Å²) in [6, 6.07) is 11.6. The number of rotatable bonds is 7. The number of para-hydroxylation sites is 1. The van der Waals surface area contributed by atoms with Crippen LogP contribution in [0.4, 0.5) is 16.9 Å². The van der Waals surface area contributed by atoms with Crippen molar-refractivity contribution >= 4 is 39.1 Å². The average molecular weight is 436 g/mol. The van der Waals surface area contributed by atoms with Crippen LogP contribution in [0.25, 0.3) is 10.9 Å². The summed E-state index contributed by atoms with van der Waals surface area (Å²) in [6.45, 7) is 0.856. The summed E-state index contributed by atoms with van der Waals surface area (Å²) in [5, 5.41) is 26.8. The van der Waals surface area contributed by atoms with Gasteiger partial charge in [-0.25, -0.2) is 9.97 Å². The Morgan fingerprint density at radius 2 is 2.00 bits per heavy atom. The lowest BCUT2D eigenvalue weighted by molar-refractivity contribution is 0.135. The van der Waals surface area contributed by atoms with Crippen molar-refractivity contribution in [3.63, 3.8) is 0 Å². The summed E-state index contributed by atoms with van der Waals surface area (Å²) in [7, 11) is 0. The molecular weight excluding hydrogens is 410 g/mol. The van der Waals surface area contributed by atoms with Crippen LogP contribution >= 0.6 is 11.3 Å². The maximum Gasteiger partial charge on any atom is 0.225 e. The predicted molar refractivity (Wildman–Crippen MR) is 121 cm³/mol. The summed E-state index contributed by atoms with van der Waals surface area (Å²) < 4.78 is 0. The van der Waals surface area contributed by atoms with Crippen molar-refractivity contribution in [3.8, 4) is 6.07 Å². The van der Waals surface area contributed by atoms with Crippen LogP contribution in [-0.4, -0.2) is 49.6 Å². The van der Waals surface area contributed by atoms with Gasteiger partial charge in [-0.3, -0.25) is 4.90 Å². The number of aromatic nitrogens is 3. The van der Waals surface area contributed by atoms with Gasteiger partial charge in [-0.15, -0.1) is 0 Å². The van der Waals surface area contributed by atoms with Gasteiger partial charge in [0.05, 0.1) is 23.1 Å². The van der Waals surface area contributed by atoms with Gasteiger partial charge in [0.15, 0.2) is 5.13 Å². The highest BCUT2D eigenvalue weighted by Crippen LogP contribution is 2.37.